The highest BCUT2D eigenvalue weighted by atomic mass is 16.2. The summed E-state index contributed by atoms with van der Waals surface area (Å²) in [4.78, 5) is 45.8. The lowest BCUT2D eigenvalue weighted by Crippen LogP contribution is -2.49. The Morgan fingerprint density at radius 1 is 0.650 bits per heavy atom. The Hall–Kier alpha value is -2.28. The third-order valence-electron chi connectivity index (χ3n) is 2.58. The normalized spacial score (nSPS) is 12.8. The zero-order valence-electron chi connectivity index (χ0n) is 10.5. The van der Waals surface area contributed by atoms with Crippen LogP contribution in [0.4, 0.5) is 0 Å². The van der Waals surface area contributed by atoms with Crippen LogP contribution in [-0.2, 0) is 19.2 Å². The fourth-order valence-corrected chi connectivity index (χ4v) is 1.57. The van der Waals surface area contributed by atoms with Gasteiger partial charge in [-0.3, -0.25) is 40.9 Å². The van der Waals surface area contributed by atoms with Gasteiger partial charge in [-0.15, -0.1) is 0 Å². The van der Waals surface area contributed by atoms with Crippen molar-refractivity contribution in [3.63, 3.8) is 0 Å². The monoisotopic (exact) mass is 290 g/mol. The molecule has 0 saturated carbocycles. The molecule has 0 aromatic heterocycles. The number of rotatable bonds is 7. The smallest absolute Gasteiger partial charge is 0.238 e. The molecule has 0 aromatic carbocycles. The maximum absolute atomic E-state index is 11.7. The summed E-state index contributed by atoms with van der Waals surface area (Å²) in [5.74, 6) is 14.2. The van der Waals surface area contributed by atoms with Crippen molar-refractivity contribution in [1.82, 2.24) is 21.7 Å². The van der Waals surface area contributed by atoms with Crippen LogP contribution in [0.1, 0.15) is 12.8 Å². The Kier molecular flexibility index (Phi) is 7.76. The van der Waals surface area contributed by atoms with E-state index in [9.17, 15) is 19.2 Å². The van der Waals surface area contributed by atoms with Crippen LogP contribution in [0.5, 0.6) is 0 Å². The molecule has 12 N–H and O–H groups in total. The second-order valence-electron chi connectivity index (χ2n) is 3.77. The van der Waals surface area contributed by atoms with E-state index in [1.165, 1.54) is 0 Å². The van der Waals surface area contributed by atoms with Gasteiger partial charge >= 0.3 is 0 Å². The lowest BCUT2D eigenvalue weighted by atomic mass is 9.85. The molecule has 0 radical (unpaired) electrons. The molecular weight excluding hydrogens is 272 g/mol. The second-order valence-corrected chi connectivity index (χ2v) is 3.77. The van der Waals surface area contributed by atoms with Gasteiger partial charge in [0, 0.05) is 12.8 Å². The molecule has 0 bridgehead atoms. The second kappa shape index (κ2) is 8.76. The first-order valence-corrected chi connectivity index (χ1v) is 5.41. The summed E-state index contributed by atoms with van der Waals surface area (Å²) in [6, 6.07) is 0. The van der Waals surface area contributed by atoms with Gasteiger partial charge < -0.3 is 0 Å². The molecule has 20 heavy (non-hydrogen) atoms. The van der Waals surface area contributed by atoms with Crippen molar-refractivity contribution in [1.29, 1.82) is 0 Å². The third-order valence-corrected chi connectivity index (χ3v) is 2.58. The predicted molar refractivity (Wildman–Crippen MR) is 65.5 cm³/mol. The molecule has 0 aliphatic heterocycles. The number of hydrogen-bond donors (Lipinski definition) is 8. The van der Waals surface area contributed by atoms with Crippen molar-refractivity contribution in [2.75, 3.05) is 0 Å². The van der Waals surface area contributed by atoms with Gasteiger partial charge in [0.15, 0.2) is 0 Å². The van der Waals surface area contributed by atoms with Gasteiger partial charge in [-0.1, -0.05) is 0 Å². The summed E-state index contributed by atoms with van der Waals surface area (Å²) in [5, 5.41) is 0. The molecule has 0 rings (SSSR count). The largest absolute Gasteiger partial charge is 0.294 e. The number of carbonyl (C=O) groups excluding carboxylic acids is 4. The molecule has 2 atom stereocenters. The van der Waals surface area contributed by atoms with Crippen LogP contribution in [-0.4, -0.2) is 23.6 Å². The molecule has 12 nitrogen and oxygen atoms in total. The molecule has 0 heterocycles. The van der Waals surface area contributed by atoms with E-state index in [-0.39, 0.29) is 0 Å². The Morgan fingerprint density at radius 2 is 0.950 bits per heavy atom. The first kappa shape index (κ1) is 17.7. The molecule has 12 heteroatoms. The number of nitrogens with two attached hydrogens (primary N) is 4. The van der Waals surface area contributed by atoms with E-state index < -0.39 is 48.3 Å². The van der Waals surface area contributed by atoms with E-state index in [0.29, 0.717) is 0 Å². The highest BCUT2D eigenvalue weighted by molar-refractivity contribution is 5.93. The van der Waals surface area contributed by atoms with Gasteiger partial charge in [0.05, 0.1) is 11.8 Å². The van der Waals surface area contributed by atoms with Crippen LogP contribution in [0, 0.1) is 11.8 Å². The molecule has 0 saturated heterocycles. The number of carbonyl (C=O) groups is 4. The molecule has 2 unspecified atom stereocenters. The maximum atomic E-state index is 11.7. The Labute approximate surface area is 113 Å². The molecular formula is C8H18N8O4. The number of nitrogens with one attached hydrogen (secondary N) is 4. The molecule has 114 valence electrons. The summed E-state index contributed by atoms with van der Waals surface area (Å²) in [6.07, 6.45) is -0.926. The van der Waals surface area contributed by atoms with Crippen molar-refractivity contribution in [2.24, 2.45) is 35.2 Å². The van der Waals surface area contributed by atoms with Crippen LogP contribution in [0.25, 0.3) is 0 Å². The quantitative estimate of drug-likeness (QED) is 0.128. The molecule has 4 amide bonds. The van der Waals surface area contributed by atoms with Gasteiger partial charge in [0.2, 0.25) is 23.6 Å². The summed E-state index contributed by atoms with van der Waals surface area (Å²) >= 11 is 0. The average molecular weight is 290 g/mol. The van der Waals surface area contributed by atoms with Crippen LogP contribution >= 0.6 is 0 Å². The van der Waals surface area contributed by atoms with E-state index in [4.69, 9.17) is 23.4 Å². The van der Waals surface area contributed by atoms with E-state index in [1.807, 2.05) is 0 Å². The summed E-state index contributed by atoms with van der Waals surface area (Å²) < 4.78 is 0. The van der Waals surface area contributed by atoms with Crippen LogP contribution in [0.2, 0.25) is 0 Å². The lowest BCUT2D eigenvalue weighted by Gasteiger charge is -2.23. The van der Waals surface area contributed by atoms with Crippen molar-refractivity contribution >= 4 is 23.6 Å². The van der Waals surface area contributed by atoms with E-state index in [0.717, 1.165) is 0 Å². The zero-order valence-corrected chi connectivity index (χ0v) is 10.5. The van der Waals surface area contributed by atoms with Crippen molar-refractivity contribution in [3.8, 4) is 0 Å². The summed E-state index contributed by atoms with van der Waals surface area (Å²) in [7, 11) is 0. The molecule has 0 spiro atoms. The standard InChI is InChI=1S/C8H18N8O4/c9-13-5(17)1-3(7(19)15-11)4(8(20)16-12)2-6(18)14-10/h3-4H,1-2,9-12H2,(H,13,17)(H,14,18)(H,15,19)(H,16,20). The number of hydrogen-bond acceptors (Lipinski definition) is 8. The third kappa shape index (κ3) is 5.15. The fraction of sp³-hybridized carbons (Fsp3) is 0.500. The van der Waals surface area contributed by atoms with E-state index >= 15 is 0 Å². The first-order valence-electron chi connectivity index (χ1n) is 5.41. The maximum Gasteiger partial charge on any atom is 0.238 e. The first-order chi connectivity index (χ1) is 9.40. The Morgan fingerprint density at radius 3 is 1.15 bits per heavy atom. The van der Waals surface area contributed by atoms with E-state index in [1.54, 1.807) is 21.7 Å². The van der Waals surface area contributed by atoms with Crippen LogP contribution in [0.3, 0.4) is 0 Å². The van der Waals surface area contributed by atoms with Crippen LogP contribution < -0.4 is 45.1 Å². The van der Waals surface area contributed by atoms with Crippen molar-refractivity contribution < 1.29 is 19.2 Å². The minimum absolute atomic E-state index is 0.463. The fourth-order valence-electron chi connectivity index (χ4n) is 1.57. The number of amides is 4. The minimum Gasteiger partial charge on any atom is -0.294 e. The molecule has 0 aromatic rings. The molecule has 0 fully saturated rings. The van der Waals surface area contributed by atoms with Gasteiger partial charge in [-0.05, 0) is 0 Å². The Bertz CT molecular complexity index is 351. The van der Waals surface area contributed by atoms with Gasteiger partial charge in [0.1, 0.15) is 0 Å². The highest BCUT2D eigenvalue weighted by Crippen LogP contribution is 2.20. The van der Waals surface area contributed by atoms with E-state index in [2.05, 4.69) is 0 Å². The zero-order chi connectivity index (χ0) is 15.7. The van der Waals surface area contributed by atoms with Crippen LogP contribution in [0.15, 0.2) is 0 Å². The highest BCUT2D eigenvalue weighted by Gasteiger charge is 2.36. The van der Waals surface area contributed by atoms with Gasteiger partial charge in [0.25, 0.3) is 0 Å². The van der Waals surface area contributed by atoms with Crippen molar-refractivity contribution in [3.05, 3.63) is 0 Å². The lowest BCUT2D eigenvalue weighted by molar-refractivity contribution is -0.140. The average Bonchev–Trinajstić information content (AvgIpc) is 2.48. The van der Waals surface area contributed by atoms with Gasteiger partial charge in [-0.2, -0.15) is 0 Å². The van der Waals surface area contributed by atoms with Crippen molar-refractivity contribution in [2.45, 2.75) is 12.8 Å². The van der Waals surface area contributed by atoms with Gasteiger partial charge in [-0.25, -0.2) is 23.4 Å². The number of hydrazine groups is 4. The summed E-state index contributed by atoms with van der Waals surface area (Å²) in [6.45, 7) is 0. The summed E-state index contributed by atoms with van der Waals surface area (Å²) in [5.41, 5.74) is 7.21. The minimum atomic E-state index is -1.25. The predicted octanol–water partition coefficient (Wildman–Crippen LogP) is -5.04. The Balaban J connectivity index is 5.26. The molecule has 0 aliphatic rings. The topological polar surface area (TPSA) is 220 Å². The molecule has 0 aliphatic carbocycles. The SMILES string of the molecule is NNC(=O)CC(C(=O)NN)C(CC(=O)NN)C(=O)NN.